The van der Waals surface area contributed by atoms with Gasteiger partial charge in [0.25, 0.3) is 0 Å². The number of benzene rings is 1. The molecule has 6 nitrogen and oxygen atoms in total. The predicted molar refractivity (Wildman–Crippen MR) is 116 cm³/mol. The highest BCUT2D eigenvalue weighted by Crippen LogP contribution is 2.24. The number of likely N-dealkylation sites (tertiary alicyclic amines) is 2. The fourth-order valence-electron chi connectivity index (χ4n) is 4.44. The maximum atomic E-state index is 5.25. The molecule has 28 heavy (non-hydrogen) atoms. The summed E-state index contributed by atoms with van der Waals surface area (Å²) in [7, 11) is 3.64. The Morgan fingerprint density at radius 2 is 1.93 bits per heavy atom. The summed E-state index contributed by atoms with van der Waals surface area (Å²) in [5, 5.41) is 7.13. The number of ether oxygens (including phenoxy) is 1. The predicted octanol–water partition coefficient (Wildman–Crippen LogP) is 2.10. The molecule has 6 heteroatoms. The second-order valence-corrected chi connectivity index (χ2v) is 7.83. The zero-order valence-electron chi connectivity index (χ0n) is 17.6. The van der Waals surface area contributed by atoms with Gasteiger partial charge in [-0.3, -0.25) is 14.8 Å². The van der Waals surface area contributed by atoms with Crippen molar-refractivity contribution in [1.82, 2.24) is 20.4 Å². The van der Waals surface area contributed by atoms with Crippen molar-refractivity contribution in [3.8, 4) is 0 Å². The maximum Gasteiger partial charge on any atom is 0.191 e. The van der Waals surface area contributed by atoms with Crippen LogP contribution in [0.25, 0.3) is 0 Å². The van der Waals surface area contributed by atoms with Crippen LogP contribution in [0.1, 0.15) is 37.3 Å². The van der Waals surface area contributed by atoms with Crippen molar-refractivity contribution >= 4 is 5.96 Å². The Kier molecular flexibility index (Phi) is 8.58. The fraction of sp³-hybridized carbons (Fsp3) is 0.682. The van der Waals surface area contributed by atoms with E-state index in [1.54, 1.807) is 7.11 Å². The lowest BCUT2D eigenvalue weighted by molar-refractivity contribution is 0.141. The first-order valence-electron chi connectivity index (χ1n) is 10.8. The first kappa shape index (κ1) is 21.1. The Morgan fingerprint density at radius 3 is 2.64 bits per heavy atom. The van der Waals surface area contributed by atoms with E-state index in [1.165, 1.54) is 50.9 Å². The highest BCUT2D eigenvalue weighted by Gasteiger charge is 2.25. The average Bonchev–Trinajstić information content (AvgIpc) is 3.42. The summed E-state index contributed by atoms with van der Waals surface area (Å²) in [6.07, 6.45) is 5.12. The van der Waals surface area contributed by atoms with Crippen LogP contribution in [-0.2, 0) is 4.74 Å². The van der Waals surface area contributed by atoms with Crippen LogP contribution in [-0.4, -0.2) is 81.8 Å². The van der Waals surface area contributed by atoms with E-state index in [0.29, 0.717) is 12.1 Å². The van der Waals surface area contributed by atoms with E-state index in [9.17, 15) is 0 Å². The lowest BCUT2D eigenvalue weighted by atomic mass is 10.1. The normalized spacial score (nSPS) is 22.5. The first-order chi connectivity index (χ1) is 13.8. The molecule has 2 atom stereocenters. The SMILES string of the molecule is CN=C(NCC1CCCN1CCOC)NCC(c1ccccc1)N1CCCC1. The quantitative estimate of drug-likeness (QED) is 0.502. The van der Waals surface area contributed by atoms with Crippen LogP contribution in [0.5, 0.6) is 0 Å². The molecular weight excluding hydrogens is 350 g/mol. The minimum atomic E-state index is 0.395. The fourth-order valence-corrected chi connectivity index (χ4v) is 4.44. The van der Waals surface area contributed by atoms with Crippen LogP contribution in [0.3, 0.4) is 0 Å². The summed E-state index contributed by atoms with van der Waals surface area (Å²) in [6, 6.07) is 11.8. The van der Waals surface area contributed by atoms with Crippen molar-refractivity contribution in [2.75, 3.05) is 60.0 Å². The summed E-state index contributed by atoms with van der Waals surface area (Å²) >= 11 is 0. The first-order valence-corrected chi connectivity index (χ1v) is 10.8. The van der Waals surface area contributed by atoms with E-state index < -0.39 is 0 Å². The summed E-state index contributed by atoms with van der Waals surface area (Å²) in [4.78, 5) is 9.59. The number of nitrogens with one attached hydrogen (secondary N) is 2. The Morgan fingerprint density at radius 1 is 1.14 bits per heavy atom. The molecule has 0 amide bonds. The monoisotopic (exact) mass is 387 g/mol. The van der Waals surface area contributed by atoms with Crippen LogP contribution in [0, 0.1) is 0 Å². The third-order valence-electron chi connectivity index (χ3n) is 6.04. The third-order valence-corrected chi connectivity index (χ3v) is 6.04. The molecule has 0 bridgehead atoms. The second kappa shape index (κ2) is 11.4. The smallest absolute Gasteiger partial charge is 0.191 e. The van der Waals surface area contributed by atoms with E-state index in [0.717, 1.165) is 32.2 Å². The van der Waals surface area contributed by atoms with Crippen LogP contribution in [0.2, 0.25) is 0 Å². The van der Waals surface area contributed by atoms with Gasteiger partial charge in [-0.05, 0) is 50.9 Å². The minimum absolute atomic E-state index is 0.395. The standard InChI is InChI=1S/C22H37N5O/c1-23-22(24-17-20-11-8-14-26(20)15-16-28-2)25-18-21(27-12-6-7-13-27)19-9-4-3-5-10-19/h3-5,9-10,20-21H,6-8,11-18H2,1-2H3,(H2,23,24,25). The van der Waals surface area contributed by atoms with Gasteiger partial charge < -0.3 is 15.4 Å². The van der Waals surface area contributed by atoms with E-state index >= 15 is 0 Å². The van der Waals surface area contributed by atoms with Gasteiger partial charge in [0.05, 0.1) is 12.6 Å². The molecule has 156 valence electrons. The van der Waals surface area contributed by atoms with Gasteiger partial charge in [-0.15, -0.1) is 0 Å². The van der Waals surface area contributed by atoms with Crippen LogP contribution in [0.4, 0.5) is 0 Å². The molecule has 2 aliphatic heterocycles. The van der Waals surface area contributed by atoms with Gasteiger partial charge >= 0.3 is 0 Å². The molecule has 0 aromatic heterocycles. The Balaban J connectivity index is 1.51. The van der Waals surface area contributed by atoms with Crippen LogP contribution in [0.15, 0.2) is 35.3 Å². The number of nitrogens with zero attached hydrogens (tertiary/aromatic N) is 3. The molecule has 2 unspecified atom stereocenters. The van der Waals surface area contributed by atoms with Gasteiger partial charge in [0.15, 0.2) is 5.96 Å². The molecule has 0 spiro atoms. The van der Waals surface area contributed by atoms with E-state index in [2.05, 4.69) is 55.8 Å². The summed E-state index contributed by atoms with van der Waals surface area (Å²) in [5.41, 5.74) is 1.38. The molecular formula is C22H37N5O. The molecule has 2 saturated heterocycles. The molecule has 2 heterocycles. The lowest BCUT2D eigenvalue weighted by Crippen LogP contribution is -2.47. The molecule has 1 aromatic carbocycles. The third kappa shape index (κ3) is 5.93. The number of hydrogen-bond acceptors (Lipinski definition) is 4. The highest BCUT2D eigenvalue weighted by atomic mass is 16.5. The summed E-state index contributed by atoms with van der Waals surface area (Å²) in [6.45, 7) is 7.17. The molecule has 2 aliphatic rings. The summed E-state index contributed by atoms with van der Waals surface area (Å²) in [5.74, 6) is 0.902. The van der Waals surface area contributed by atoms with E-state index in [4.69, 9.17) is 4.74 Å². The molecule has 2 N–H and O–H groups in total. The minimum Gasteiger partial charge on any atom is -0.383 e. The number of aliphatic imine (C=N–C) groups is 1. The van der Waals surface area contributed by atoms with Crippen LogP contribution >= 0.6 is 0 Å². The van der Waals surface area contributed by atoms with Crippen molar-refractivity contribution in [3.05, 3.63) is 35.9 Å². The molecule has 0 radical (unpaired) electrons. The largest absolute Gasteiger partial charge is 0.383 e. The molecule has 2 fully saturated rings. The lowest BCUT2D eigenvalue weighted by Gasteiger charge is -2.29. The van der Waals surface area contributed by atoms with Crippen molar-refractivity contribution < 1.29 is 4.74 Å². The van der Waals surface area contributed by atoms with Crippen molar-refractivity contribution in [3.63, 3.8) is 0 Å². The van der Waals surface area contributed by atoms with E-state index in [1.807, 2.05) is 7.05 Å². The van der Waals surface area contributed by atoms with Gasteiger partial charge in [0.1, 0.15) is 0 Å². The van der Waals surface area contributed by atoms with Crippen molar-refractivity contribution in [1.29, 1.82) is 0 Å². The number of guanidine groups is 1. The maximum absolute atomic E-state index is 5.25. The topological polar surface area (TPSA) is 52.1 Å². The summed E-state index contributed by atoms with van der Waals surface area (Å²) < 4.78 is 5.25. The van der Waals surface area contributed by atoms with Crippen molar-refractivity contribution in [2.45, 2.75) is 37.8 Å². The Hall–Kier alpha value is -1.63. The van der Waals surface area contributed by atoms with Crippen molar-refractivity contribution in [2.24, 2.45) is 4.99 Å². The number of methoxy groups -OCH3 is 1. The van der Waals surface area contributed by atoms with Gasteiger partial charge in [0.2, 0.25) is 0 Å². The Labute approximate surface area is 170 Å². The van der Waals surface area contributed by atoms with Gasteiger partial charge in [-0.2, -0.15) is 0 Å². The van der Waals surface area contributed by atoms with E-state index in [-0.39, 0.29) is 0 Å². The Bertz CT molecular complexity index is 588. The average molecular weight is 388 g/mol. The zero-order valence-corrected chi connectivity index (χ0v) is 17.6. The molecule has 3 rings (SSSR count). The molecule has 0 saturated carbocycles. The number of hydrogen-bond donors (Lipinski definition) is 2. The van der Waals surface area contributed by atoms with Gasteiger partial charge in [-0.25, -0.2) is 0 Å². The molecule has 1 aromatic rings. The van der Waals surface area contributed by atoms with Crippen LogP contribution < -0.4 is 10.6 Å². The zero-order chi connectivity index (χ0) is 19.6. The van der Waals surface area contributed by atoms with Gasteiger partial charge in [0, 0.05) is 39.8 Å². The number of rotatable bonds is 9. The highest BCUT2D eigenvalue weighted by molar-refractivity contribution is 5.79. The van der Waals surface area contributed by atoms with Gasteiger partial charge in [-0.1, -0.05) is 30.3 Å². The second-order valence-electron chi connectivity index (χ2n) is 7.83. The molecule has 0 aliphatic carbocycles.